The highest BCUT2D eigenvalue weighted by Gasteiger charge is 2.31. The molecule has 0 aliphatic heterocycles. The Balaban J connectivity index is 2.52. The van der Waals surface area contributed by atoms with E-state index in [4.69, 9.17) is 5.11 Å². The van der Waals surface area contributed by atoms with Gasteiger partial charge in [-0.3, -0.25) is 0 Å². The van der Waals surface area contributed by atoms with Gasteiger partial charge in [0.05, 0.1) is 15.7 Å². The van der Waals surface area contributed by atoms with Gasteiger partial charge in [0.15, 0.2) is 9.84 Å². The zero-order valence-corrected chi connectivity index (χ0v) is 12.0. The number of carboxylic acid groups (broad SMARTS) is 1. The lowest BCUT2D eigenvalue weighted by Crippen LogP contribution is -2.25. The molecule has 0 amide bonds. The first kappa shape index (κ1) is 15.0. The van der Waals surface area contributed by atoms with Gasteiger partial charge in [0.25, 0.3) is 0 Å². The van der Waals surface area contributed by atoms with Gasteiger partial charge >= 0.3 is 5.97 Å². The summed E-state index contributed by atoms with van der Waals surface area (Å²) in [4.78, 5) is 10.8. The predicted molar refractivity (Wildman–Crippen MR) is 72.2 cm³/mol. The highest BCUT2D eigenvalue weighted by molar-refractivity contribution is 7.92. The van der Waals surface area contributed by atoms with Crippen LogP contribution in [0.25, 0.3) is 0 Å². The topological polar surface area (TPSA) is 71.4 Å². The quantitative estimate of drug-likeness (QED) is 0.931. The van der Waals surface area contributed by atoms with E-state index in [1.54, 1.807) is 0 Å². The van der Waals surface area contributed by atoms with Crippen LogP contribution in [0.5, 0.6) is 0 Å². The summed E-state index contributed by atoms with van der Waals surface area (Å²) < 4.78 is 38.9. The molecule has 0 bridgehead atoms. The Bertz CT molecular complexity index is 631. The third kappa shape index (κ3) is 2.70. The third-order valence-corrected chi connectivity index (χ3v) is 6.23. The summed E-state index contributed by atoms with van der Waals surface area (Å²) >= 11 is 0. The standard InChI is InChI=1S/C14H17FO4S/c1-9-12(15)7-10(14(16)17)8-13(9)20(18,19)11-5-3-2-4-6-11/h7-8,11H,2-6H2,1H3,(H,16,17). The molecule has 0 radical (unpaired) electrons. The maximum absolute atomic E-state index is 13.8. The van der Waals surface area contributed by atoms with Crippen LogP contribution in [-0.4, -0.2) is 24.7 Å². The molecule has 6 heteroatoms. The summed E-state index contributed by atoms with van der Waals surface area (Å²) in [5, 5.41) is 8.41. The monoisotopic (exact) mass is 300 g/mol. The van der Waals surface area contributed by atoms with Crippen LogP contribution in [0.1, 0.15) is 48.0 Å². The first-order valence-corrected chi connectivity index (χ1v) is 8.16. The van der Waals surface area contributed by atoms with Gasteiger partial charge in [-0.2, -0.15) is 0 Å². The second-order valence-electron chi connectivity index (χ2n) is 5.19. The number of aromatic carboxylic acids is 1. The largest absolute Gasteiger partial charge is 0.478 e. The molecule has 1 aromatic rings. The first-order chi connectivity index (χ1) is 9.34. The molecule has 0 spiro atoms. The van der Waals surface area contributed by atoms with Gasteiger partial charge in [0.2, 0.25) is 0 Å². The van der Waals surface area contributed by atoms with E-state index >= 15 is 0 Å². The lowest BCUT2D eigenvalue weighted by atomic mass is 10.0. The Labute approximate surface area is 117 Å². The van der Waals surface area contributed by atoms with E-state index in [0.717, 1.165) is 31.4 Å². The summed E-state index contributed by atoms with van der Waals surface area (Å²) in [6.45, 7) is 1.37. The molecule has 0 saturated heterocycles. The van der Waals surface area contributed by atoms with E-state index < -0.39 is 26.9 Å². The normalized spacial score (nSPS) is 17.1. The molecule has 4 nitrogen and oxygen atoms in total. The van der Waals surface area contributed by atoms with E-state index in [-0.39, 0.29) is 16.0 Å². The molecule has 1 aliphatic carbocycles. The average molecular weight is 300 g/mol. The SMILES string of the molecule is Cc1c(F)cc(C(=O)O)cc1S(=O)(=O)C1CCCCC1. The summed E-state index contributed by atoms with van der Waals surface area (Å²) in [5.41, 5.74) is -0.331. The number of hydrogen-bond acceptors (Lipinski definition) is 3. The van der Waals surface area contributed by atoms with Crippen LogP contribution < -0.4 is 0 Å². The lowest BCUT2D eigenvalue weighted by Gasteiger charge is -2.23. The Morgan fingerprint density at radius 3 is 2.40 bits per heavy atom. The van der Waals surface area contributed by atoms with Crippen LogP contribution >= 0.6 is 0 Å². The Kier molecular flexibility index (Phi) is 4.13. The number of hydrogen-bond donors (Lipinski definition) is 1. The van der Waals surface area contributed by atoms with Crippen molar-refractivity contribution >= 4 is 15.8 Å². The van der Waals surface area contributed by atoms with Crippen LogP contribution in [0.2, 0.25) is 0 Å². The van der Waals surface area contributed by atoms with Crippen molar-refractivity contribution < 1.29 is 22.7 Å². The van der Waals surface area contributed by atoms with Gasteiger partial charge in [0, 0.05) is 5.56 Å². The molecule has 1 saturated carbocycles. The Morgan fingerprint density at radius 2 is 1.85 bits per heavy atom. The Morgan fingerprint density at radius 1 is 1.25 bits per heavy atom. The third-order valence-electron chi connectivity index (χ3n) is 3.84. The van der Waals surface area contributed by atoms with Crippen molar-refractivity contribution in [2.45, 2.75) is 49.2 Å². The van der Waals surface area contributed by atoms with Crippen molar-refractivity contribution in [1.29, 1.82) is 0 Å². The average Bonchev–Trinajstić information content (AvgIpc) is 2.42. The smallest absolute Gasteiger partial charge is 0.335 e. The minimum atomic E-state index is -3.67. The zero-order valence-electron chi connectivity index (χ0n) is 11.2. The highest BCUT2D eigenvalue weighted by Crippen LogP contribution is 2.31. The molecule has 0 heterocycles. The van der Waals surface area contributed by atoms with Crippen molar-refractivity contribution in [2.24, 2.45) is 0 Å². The number of halogens is 1. The number of rotatable bonds is 3. The van der Waals surface area contributed by atoms with E-state index in [1.165, 1.54) is 6.92 Å². The van der Waals surface area contributed by atoms with Gasteiger partial charge in [-0.25, -0.2) is 17.6 Å². The molecule has 1 aliphatic rings. The fourth-order valence-electron chi connectivity index (χ4n) is 2.63. The van der Waals surface area contributed by atoms with Gasteiger partial charge in [0.1, 0.15) is 5.82 Å². The number of sulfone groups is 1. The van der Waals surface area contributed by atoms with Crippen LogP contribution in [0, 0.1) is 12.7 Å². The molecule has 20 heavy (non-hydrogen) atoms. The summed E-state index contributed by atoms with van der Waals surface area (Å²) in [7, 11) is -3.67. The minimum Gasteiger partial charge on any atom is -0.478 e. The molecule has 110 valence electrons. The molecule has 2 rings (SSSR count). The summed E-state index contributed by atoms with van der Waals surface area (Å²) in [6, 6.07) is 1.93. The number of carboxylic acids is 1. The van der Waals surface area contributed by atoms with Crippen molar-refractivity contribution in [2.75, 3.05) is 0 Å². The molecule has 1 N–H and O–H groups in total. The van der Waals surface area contributed by atoms with Gasteiger partial charge in [-0.15, -0.1) is 0 Å². The second kappa shape index (κ2) is 5.52. The molecule has 1 aromatic carbocycles. The summed E-state index contributed by atoms with van der Waals surface area (Å²) in [5.74, 6) is -2.12. The van der Waals surface area contributed by atoms with E-state index in [2.05, 4.69) is 0 Å². The Hall–Kier alpha value is -1.43. The minimum absolute atomic E-state index is 0.000531. The van der Waals surface area contributed by atoms with E-state index in [0.29, 0.717) is 12.8 Å². The molecular formula is C14H17FO4S. The highest BCUT2D eigenvalue weighted by atomic mass is 32.2. The maximum atomic E-state index is 13.8. The maximum Gasteiger partial charge on any atom is 0.335 e. The molecule has 0 atom stereocenters. The van der Waals surface area contributed by atoms with Crippen molar-refractivity contribution in [3.63, 3.8) is 0 Å². The van der Waals surface area contributed by atoms with Crippen molar-refractivity contribution in [3.05, 3.63) is 29.1 Å². The van der Waals surface area contributed by atoms with Crippen LogP contribution in [0.3, 0.4) is 0 Å². The van der Waals surface area contributed by atoms with Gasteiger partial charge < -0.3 is 5.11 Å². The van der Waals surface area contributed by atoms with Crippen LogP contribution in [0.15, 0.2) is 17.0 Å². The van der Waals surface area contributed by atoms with Crippen molar-refractivity contribution in [3.8, 4) is 0 Å². The number of carbonyl (C=O) groups is 1. The zero-order chi connectivity index (χ0) is 14.9. The van der Waals surface area contributed by atoms with Crippen molar-refractivity contribution in [1.82, 2.24) is 0 Å². The fraction of sp³-hybridized carbons (Fsp3) is 0.500. The van der Waals surface area contributed by atoms with Crippen LogP contribution in [0.4, 0.5) is 4.39 Å². The molecule has 1 fully saturated rings. The summed E-state index contributed by atoms with van der Waals surface area (Å²) in [6.07, 6.45) is 3.80. The number of benzene rings is 1. The van der Waals surface area contributed by atoms with E-state index in [1.807, 2.05) is 0 Å². The predicted octanol–water partition coefficient (Wildman–Crippen LogP) is 2.94. The van der Waals surface area contributed by atoms with Crippen LogP contribution in [-0.2, 0) is 9.84 Å². The lowest BCUT2D eigenvalue weighted by molar-refractivity contribution is 0.0696. The molecular weight excluding hydrogens is 283 g/mol. The molecule has 0 aromatic heterocycles. The van der Waals surface area contributed by atoms with Gasteiger partial charge in [-0.05, 0) is 31.9 Å². The molecule has 0 unspecified atom stereocenters. The van der Waals surface area contributed by atoms with Gasteiger partial charge in [-0.1, -0.05) is 19.3 Å². The van der Waals surface area contributed by atoms with E-state index in [9.17, 15) is 17.6 Å². The fourth-order valence-corrected chi connectivity index (χ4v) is 4.76. The first-order valence-electron chi connectivity index (χ1n) is 6.61. The second-order valence-corrected chi connectivity index (χ2v) is 7.39.